The number of allylic oxidation sites excluding steroid dienone is 2. The number of hydrogen-bond acceptors (Lipinski definition) is 7. The number of carbonyl (C=O) groups is 1. The summed E-state index contributed by atoms with van der Waals surface area (Å²) in [5, 5.41) is 19.8. The summed E-state index contributed by atoms with van der Waals surface area (Å²) >= 11 is 0. The average molecular weight is 489 g/mol. The van der Waals surface area contributed by atoms with Crippen LogP contribution in [0.3, 0.4) is 0 Å². The Kier molecular flexibility index (Phi) is 6.64. The van der Waals surface area contributed by atoms with Gasteiger partial charge in [0, 0.05) is 43.6 Å². The molecule has 2 saturated heterocycles. The minimum Gasteiger partial charge on any atom is -0.394 e. The molecule has 4 aliphatic rings. The largest absolute Gasteiger partial charge is 0.394 e. The number of benzene rings is 1. The maximum Gasteiger partial charge on any atom is 0.247 e. The summed E-state index contributed by atoms with van der Waals surface area (Å²) < 4.78 is 5.95. The van der Waals surface area contributed by atoms with Gasteiger partial charge in [-0.1, -0.05) is 24.3 Å². The van der Waals surface area contributed by atoms with Crippen LogP contribution in [0, 0.1) is 22.7 Å². The van der Waals surface area contributed by atoms with Crippen LogP contribution in [0.2, 0.25) is 0 Å². The molecule has 36 heavy (non-hydrogen) atoms. The maximum atomic E-state index is 13.3. The van der Waals surface area contributed by atoms with Crippen LogP contribution >= 0.6 is 0 Å². The monoisotopic (exact) mass is 488 g/mol. The SMILES string of the molecule is CN/C=C(/c1cccc(CC2OC2NC2C=C(N3CCC(C#N)(C4CC4)C3=O)C=C(C)N2)c1)C(C)N. The molecule has 3 fully saturated rings. The van der Waals surface area contributed by atoms with E-state index in [4.69, 9.17) is 10.5 Å². The van der Waals surface area contributed by atoms with Crippen LogP contribution in [-0.2, 0) is 16.0 Å². The Bertz CT molecular complexity index is 1160. The summed E-state index contributed by atoms with van der Waals surface area (Å²) in [5.41, 5.74) is 10.5. The number of rotatable bonds is 9. The topological polar surface area (TPSA) is 119 Å². The Labute approximate surface area is 213 Å². The van der Waals surface area contributed by atoms with Gasteiger partial charge in [-0.15, -0.1) is 0 Å². The molecule has 5 unspecified atom stereocenters. The van der Waals surface area contributed by atoms with Crippen molar-refractivity contribution in [2.75, 3.05) is 13.6 Å². The van der Waals surface area contributed by atoms with Crippen molar-refractivity contribution in [3.63, 3.8) is 0 Å². The van der Waals surface area contributed by atoms with Crippen LogP contribution in [0.5, 0.6) is 0 Å². The highest BCUT2D eigenvalue weighted by Gasteiger charge is 2.57. The number of dihydropyridines is 1. The van der Waals surface area contributed by atoms with E-state index in [2.05, 4.69) is 46.3 Å². The van der Waals surface area contributed by atoms with Gasteiger partial charge in [0.05, 0.1) is 6.07 Å². The third-order valence-electron chi connectivity index (χ3n) is 7.64. The molecule has 3 aliphatic heterocycles. The number of ether oxygens (including phenoxy) is 1. The number of nitrogens with zero attached hydrogens (tertiary/aromatic N) is 2. The zero-order chi connectivity index (χ0) is 25.4. The van der Waals surface area contributed by atoms with Crippen LogP contribution in [0.15, 0.2) is 54.0 Å². The molecular formula is C28H36N6O2. The molecule has 0 bridgehead atoms. The van der Waals surface area contributed by atoms with E-state index < -0.39 is 5.41 Å². The molecule has 0 aromatic heterocycles. The van der Waals surface area contributed by atoms with Crippen LogP contribution in [0.1, 0.15) is 44.2 Å². The predicted octanol–water partition coefficient (Wildman–Crippen LogP) is 2.32. The van der Waals surface area contributed by atoms with Gasteiger partial charge in [0.1, 0.15) is 23.9 Å². The molecule has 3 heterocycles. The zero-order valence-corrected chi connectivity index (χ0v) is 21.3. The second-order valence-electron chi connectivity index (χ2n) is 10.4. The number of carbonyl (C=O) groups excluding carboxylic acids is 1. The fourth-order valence-corrected chi connectivity index (χ4v) is 5.53. The van der Waals surface area contributed by atoms with Gasteiger partial charge in [0.25, 0.3) is 0 Å². The fourth-order valence-electron chi connectivity index (χ4n) is 5.53. The lowest BCUT2D eigenvalue weighted by Gasteiger charge is -2.28. The molecule has 1 amide bonds. The number of nitriles is 1. The summed E-state index contributed by atoms with van der Waals surface area (Å²) in [5.74, 6) is 0.181. The Hall–Kier alpha value is -3.12. The number of nitrogens with two attached hydrogens (primary N) is 1. The van der Waals surface area contributed by atoms with E-state index in [1.54, 1.807) is 4.90 Å². The van der Waals surface area contributed by atoms with Gasteiger partial charge in [-0.05, 0) is 67.9 Å². The first-order chi connectivity index (χ1) is 17.3. The van der Waals surface area contributed by atoms with Crippen molar-refractivity contribution in [3.8, 4) is 6.07 Å². The number of hydrogen-bond donors (Lipinski definition) is 4. The minimum absolute atomic E-state index is 0.0395. The Morgan fingerprint density at radius 1 is 1.44 bits per heavy atom. The number of likely N-dealkylation sites (tertiary alicyclic amines) is 1. The highest BCUT2D eigenvalue weighted by atomic mass is 16.6. The lowest BCUT2D eigenvalue weighted by atomic mass is 9.83. The molecule has 5 rings (SSSR count). The van der Waals surface area contributed by atoms with Crippen LogP contribution < -0.4 is 21.7 Å². The average Bonchev–Trinajstić information content (AvgIpc) is 3.78. The second-order valence-corrected chi connectivity index (χ2v) is 10.4. The van der Waals surface area contributed by atoms with Crippen molar-refractivity contribution in [1.82, 2.24) is 20.9 Å². The summed E-state index contributed by atoms with van der Waals surface area (Å²) in [6, 6.07) is 10.7. The smallest absolute Gasteiger partial charge is 0.247 e. The first-order valence-electron chi connectivity index (χ1n) is 12.9. The van der Waals surface area contributed by atoms with Crippen LogP contribution in [0.25, 0.3) is 5.57 Å². The van der Waals surface area contributed by atoms with Crippen molar-refractivity contribution in [1.29, 1.82) is 5.26 Å². The van der Waals surface area contributed by atoms with Gasteiger partial charge < -0.3 is 26.0 Å². The first kappa shape index (κ1) is 24.6. The van der Waals surface area contributed by atoms with E-state index in [-0.39, 0.29) is 36.4 Å². The molecule has 5 N–H and O–H groups in total. The lowest BCUT2D eigenvalue weighted by Crippen LogP contribution is -2.45. The molecule has 0 spiro atoms. The quantitative estimate of drug-likeness (QED) is 0.394. The van der Waals surface area contributed by atoms with Gasteiger partial charge >= 0.3 is 0 Å². The fraction of sp³-hybridized carbons (Fsp3) is 0.500. The van der Waals surface area contributed by atoms with E-state index in [0.717, 1.165) is 41.8 Å². The molecular weight excluding hydrogens is 452 g/mol. The highest BCUT2D eigenvalue weighted by molar-refractivity contribution is 5.90. The molecule has 8 nitrogen and oxygen atoms in total. The van der Waals surface area contributed by atoms with Crippen molar-refractivity contribution >= 4 is 11.5 Å². The van der Waals surface area contributed by atoms with E-state index in [0.29, 0.717) is 13.0 Å². The van der Waals surface area contributed by atoms with Crippen LogP contribution in [-0.4, -0.2) is 48.9 Å². The van der Waals surface area contributed by atoms with Crippen LogP contribution in [0.4, 0.5) is 0 Å². The first-order valence-corrected chi connectivity index (χ1v) is 12.9. The van der Waals surface area contributed by atoms with Gasteiger partial charge in [0.15, 0.2) is 0 Å². The standard InChI is InChI=1S/C28H36N6O2/c1-17-11-22(34-10-9-28(16-29,27(34)35)21-7-8-21)14-25(32-17)33-26-24(36-26)13-19-5-4-6-20(12-19)23(15-31-3)18(2)30/h4-6,11-12,14-15,18,21,24-26,31-33H,7-10,13,30H2,1-3H3/b23-15+. The van der Waals surface area contributed by atoms with Crippen molar-refractivity contribution in [2.24, 2.45) is 17.1 Å². The molecule has 1 aliphatic carbocycles. The normalized spacial score (nSPS) is 30.8. The molecule has 0 radical (unpaired) electrons. The van der Waals surface area contributed by atoms with E-state index in [9.17, 15) is 10.1 Å². The van der Waals surface area contributed by atoms with Gasteiger partial charge in [0.2, 0.25) is 5.91 Å². The van der Waals surface area contributed by atoms with Crippen molar-refractivity contribution in [3.05, 3.63) is 65.1 Å². The number of nitrogens with one attached hydrogen (secondary N) is 3. The van der Waals surface area contributed by atoms with Gasteiger partial charge in [-0.2, -0.15) is 5.26 Å². The Balaban J connectivity index is 1.22. The summed E-state index contributed by atoms with van der Waals surface area (Å²) in [6.07, 6.45) is 9.19. The minimum atomic E-state index is -0.834. The van der Waals surface area contributed by atoms with E-state index >= 15 is 0 Å². The Morgan fingerprint density at radius 3 is 2.94 bits per heavy atom. The molecule has 1 saturated carbocycles. The van der Waals surface area contributed by atoms with Crippen molar-refractivity contribution < 1.29 is 9.53 Å². The molecule has 190 valence electrons. The van der Waals surface area contributed by atoms with E-state index in [1.165, 1.54) is 5.56 Å². The summed E-state index contributed by atoms with van der Waals surface area (Å²) in [6.45, 7) is 4.57. The molecule has 8 heteroatoms. The zero-order valence-electron chi connectivity index (χ0n) is 21.3. The second kappa shape index (κ2) is 9.74. The Morgan fingerprint density at radius 2 is 2.25 bits per heavy atom. The molecule has 5 atom stereocenters. The lowest BCUT2D eigenvalue weighted by molar-refractivity contribution is -0.132. The third-order valence-corrected chi connectivity index (χ3v) is 7.64. The van der Waals surface area contributed by atoms with E-state index in [1.807, 2.05) is 39.2 Å². The maximum absolute atomic E-state index is 13.3. The predicted molar refractivity (Wildman–Crippen MR) is 138 cm³/mol. The third kappa shape index (κ3) is 4.79. The number of amides is 1. The van der Waals surface area contributed by atoms with Gasteiger partial charge in [-0.25, -0.2) is 0 Å². The highest BCUT2D eigenvalue weighted by Crippen LogP contribution is 2.52. The number of epoxide rings is 1. The molecule has 1 aromatic rings. The van der Waals surface area contributed by atoms with Crippen molar-refractivity contribution in [2.45, 2.75) is 64.1 Å². The van der Waals surface area contributed by atoms with Gasteiger partial charge in [-0.3, -0.25) is 10.1 Å². The summed E-state index contributed by atoms with van der Waals surface area (Å²) in [4.78, 5) is 15.1. The summed E-state index contributed by atoms with van der Waals surface area (Å²) in [7, 11) is 1.88. The molecule has 1 aromatic carbocycles.